The Kier molecular flexibility index (Phi) is 7.09. The van der Waals surface area contributed by atoms with E-state index in [1.54, 1.807) is 0 Å². The fraction of sp³-hybridized carbons (Fsp3) is 0.739. The second-order valence-electron chi connectivity index (χ2n) is 11.5. The predicted octanol–water partition coefficient (Wildman–Crippen LogP) is 5.98. The molecule has 0 amide bonds. The maximum absolute atomic E-state index is 6.99. The third kappa shape index (κ3) is 5.57. The Morgan fingerprint density at radius 2 is 1.36 bits per heavy atom. The zero-order valence-electron chi connectivity index (χ0n) is 19.8. The summed E-state index contributed by atoms with van der Waals surface area (Å²) in [5.41, 5.74) is 1.36. The molecule has 160 valence electrons. The number of benzene rings is 1. The molecule has 0 aliphatic carbocycles. The van der Waals surface area contributed by atoms with E-state index >= 15 is 0 Å². The molecule has 0 bridgehead atoms. The molecule has 1 aliphatic rings. The molecule has 1 aromatic carbocycles. The lowest BCUT2D eigenvalue weighted by Gasteiger charge is -2.44. The Morgan fingerprint density at radius 1 is 0.857 bits per heavy atom. The first-order valence-electron chi connectivity index (χ1n) is 10.8. The summed E-state index contributed by atoms with van der Waals surface area (Å²) >= 11 is 0. The van der Waals surface area contributed by atoms with Gasteiger partial charge in [0.25, 0.3) is 0 Å². The number of hydrogen-bond acceptors (Lipinski definition) is 3. The van der Waals surface area contributed by atoms with Crippen molar-refractivity contribution in [2.45, 2.75) is 102 Å². The summed E-state index contributed by atoms with van der Waals surface area (Å²) < 4.78 is 13.9. The van der Waals surface area contributed by atoms with E-state index in [1.165, 1.54) is 5.56 Å². The molecule has 1 fully saturated rings. The summed E-state index contributed by atoms with van der Waals surface area (Å²) in [7, 11) is -3.76. The van der Waals surface area contributed by atoms with Crippen LogP contribution < -0.4 is 5.32 Å². The second-order valence-corrected chi connectivity index (χ2v) is 21.0. The SMILES string of the molecule is CC(C)(C)[Si](C)(C)O[C@H]1[C@H](Cc2ccccc2)NC[C@@H]1O[Si](C)(C)C(C)(C)C. The molecule has 2 rings (SSSR count). The molecular formula is C23H43NO2Si2. The Labute approximate surface area is 175 Å². The van der Waals surface area contributed by atoms with E-state index in [0.29, 0.717) is 6.04 Å². The van der Waals surface area contributed by atoms with Crippen molar-refractivity contribution in [3.8, 4) is 0 Å². The van der Waals surface area contributed by atoms with Gasteiger partial charge in [0.05, 0.1) is 12.2 Å². The fourth-order valence-corrected chi connectivity index (χ4v) is 5.83. The summed E-state index contributed by atoms with van der Waals surface area (Å²) in [4.78, 5) is 0. The summed E-state index contributed by atoms with van der Waals surface area (Å²) in [6, 6.07) is 11.1. The first kappa shape index (κ1) is 23.8. The highest BCUT2D eigenvalue weighted by molar-refractivity contribution is 6.74. The first-order valence-corrected chi connectivity index (χ1v) is 16.6. The van der Waals surface area contributed by atoms with E-state index < -0.39 is 16.6 Å². The van der Waals surface area contributed by atoms with Crippen LogP contribution in [0.15, 0.2) is 30.3 Å². The molecule has 1 heterocycles. The van der Waals surface area contributed by atoms with Crippen molar-refractivity contribution in [3.05, 3.63) is 35.9 Å². The lowest BCUT2D eigenvalue weighted by molar-refractivity contribution is 0.0553. The van der Waals surface area contributed by atoms with Gasteiger partial charge in [-0.05, 0) is 48.2 Å². The van der Waals surface area contributed by atoms with Gasteiger partial charge in [-0.1, -0.05) is 71.9 Å². The molecule has 5 heteroatoms. The standard InChI is InChI=1S/C23H43NO2Si2/c1-22(2,3)27(7,8)25-20-17-24-19(16-18-14-12-11-13-15-18)21(20)26-28(9,10)23(4,5)6/h11-15,19-21,24H,16-17H2,1-10H3/t19-,20-,21-/m0/s1. The van der Waals surface area contributed by atoms with Crippen molar-refractivity contribution >= 4 is 16.6 Å². The third-order valence-corrected chi connectivity index (χ3v) is 16.1. The van der Waals surface area contributed by atoms with Crippen LogP contribution in [0.3, 0.4) is 0 Å². The van der Waals surface area contributed by atoms with Gasteiger partial charge in [0.1, 0.15) is 0 Å². The van der Waals surface area contributed by atoms with Crippen molar-refractivity contribution < 1.29 is 8.85 Å². The topological polar surface area (TPSA) is 30.5 Å². The third-order valence-electron chi connectivity index (χ3n) is 7.13. The van der Waals surface area contributed by atoms with E-state index in [0.717, 1.165) is 13.0 Å². The van der Waals surface area contributed by atoms with E-state index in [-0.39, 0.29) is 22.3 Å². The lowest BCUT2D eigenvalue weighted by atomic mass is 10.0. The van der Waals surface area contributed by atoms with Gasteiger partial charge in [0.15, 0.2) is 16.6 Å². The van der Waals surface area contributed by atoms with Crippen LogP contribution in [0.2, 0.25) is 36.3 Å². The van der Waals surface area contributed by atoms with Crippen molar-refractivity contribution in [2.24, 2.45) is 0 Å². The van der Waals surface area contributed by atoms with Crippen LogP contribution in [-0.2, 0) is 15.3 Å². The molecule has 28 heavy (non-hydrogen) atoms. The maximum atomic E-state index is 6.99. The highest BCUT2D eigenvalue weighted by Crippen LogP contribution is 2.41. The van der Waals surface area contributed by atoms with Gasteiger partial charge >= 0.3 is 0 Å². The molecule has 1 aliphatic heterocycles. The maximum Gasteiger partial charge on any atom is 0.192 e. The summed E-state index contributed by atoms with van der Waals surface area (Å²) in [6.45, 7) is 24.2. The summed E-state index contributed by atoms with van der Waals surface area (Å²) in [5.74, 6) is 0. The van der Waals surface area contributed by atoms with Crippen molar-refractivity contribution in [2.75, 3.05) is 6.54 Å². The monoisotopic (exact) mass is 421 g/mol. The Hall–Kier alpha value is -0.466. The normalized spacial score (nSPS) is 24.6. The van der Waals surface area contributed by atoms with Crippen LogP contribution in [0.4, 0.5) is 0 Å². The average Bonchev–Trinajstić information content (AvgIpc) is 2.87. The fourth-order valence-electron chi connectivity index (χ4n) is 3.15. The molecule has 0 spiro atoms. The Balaban J connectivity index is 2.26. The quantitative estimate of drug-likeness (QED) is 0.573. The summed E-state index contributed by atoms with van der Waals surface area (Å²) in [5, 5.41) is 4.14. The van der Waals surface area contributed by atoms with Crippen LogP contribution in [0.5, 0.6) is 0 Å². The molecule has 3 atom stereocenters. The van der Waals surface area contributed by atoms with Gasteiger partial charge in [0, 0.05) is 12.6 Å². The predicted molar refractivity (Wildman–Crippen MR) is 126 cm³/mol. The number of nitrogens with one attached hydrogen (secondary N) is 1. The van der Waals surface area contributed by atoms with Crippen LogP contribution >= 0.6 is 0 Å². The Bertz CT molecular complexity index is 632. The minimum atomic E-state index is -1.90. The van der Waals surface area contributed by atoms with Gasteiger partial charge < -0.3 is 14.2 Å². The molecule has 1 N–H and O–H groups in total. The smallest absolute Gasteiger partial charge is 0.192 e. The van der Waals surface area contributed by atoms with E-state index in [4.69, 9.17) is 8.85 Å². The van der Waals surface area contributed by atoms with Crippen molar-refractivity contribution in [1.29, 1.82) is 0 Å². The molecular weight excluding hydrogens is 378 g/mol. The zero-order chi connectivity index (χ0) is 21.4. The highest BCUT2D eigenvalue weighted by Gasteiger charge is 2.48. The van der Waals surface area contributed by atoms with Crippen LogP contribution in [0.25, 0.3) is 0 Å². The molecule has 1 saturated heterocycles. The molecule has 0 saturated carbocycles. The van der Waals surface area contributed by atoms with E-state index in [9.17, 15) is 0 Å². The molecule has 3 nitrogen and oxygen atoms in total. The minimum absolute atomic E-state index is 0.107. The van der Waals surface area contributed by atoms with Crippen LogP contribution in [0, 0.1) is 0 Å². The van der Waals surface area contributed by atoms with Crippen molar-refractivity contribution in [1.82, 2.24) is 5.32 Å². The van der Waals surface area contributed by atoms with Gasteiger partial charge in [-0.15, -0.1) is 0 Å². The van der Waals surface area contributed by atoms with Crippen LogP contribution in [0.1, 0.15) is 47.1 Å². The Morgan fingerprint density at radius 3 is 1.86 bits per heavy atom. The van der Waals surface area contributed by atoms with E-state index in [2.05, 4.69) is 103 Å². The highest BCUT2D eigenvalue weighted by atomic mass is 28.4. The largest absolute Gasteiger partial charge is 0.410 e. The summed E-state index contributed by atoms with van der Waals surface area (Å²) in [6.07, 6.45) is 1.22. The molecule has 0 unspecified atom stereocenters. The number of hydrogen-bond donors (Lipinski definition) is 1. The number of rotatable bonds is 6. The van der Waals surface area contributed by atoms with Crippen molar-refractivity contribution in [3.63, 3.8) is 0 Å². The zero-order valence-corrected chi connectivity index (χ0v) is 21.8. The first-order chi connectivity index (χ1) is 12.6. The van der Waals surface area contributed by atoms with Gasteiger partial charge in [-0.25, -0.2) is 0 Å². The second kappa shape index (κ2) is 8.34. The van der Waals surface area contributed by atoms with Crippen LogP contribution in [-0.4, -0.2) is 41.4 Å². The lowest BCUT2D eigenvalue weighted by Crippen LogP contribution is -2.53. The van der Waals surface area contributed by atoms with Gasteiger partial charge in [-0.3, -0.25) is 0 Å². The average molecular weight is 422 g/mol. The minimum Gasteiger partial charge on any atom is -0.410 e. The van der Waals surface area contributed by atoms with Gasteiger partial charge in [-0.2, -0.15) is 0 Å². The van der Waals surface area contributed by atoms with Gasteiger partial charge in [0.2, 0.25) is 0 Å². The van der Waals surface area contributed by atoms with E-state index in [1.807, 2.05) is 0 Å². The molecule has 1 aromatic rings. The molecule has 0 radical (unpaired) electrons. The molecule has 0 aromatic heterocycles.